The molecule has 1 saturated heterocycles. The van der Waals surface area contributed by atoms with E-state index >= 15 is 0 Å². The molecule has 0 atom stereocenters. The summed E-state index contributed by atoms with van der Waals surface area (Å²) in [6.07, 6.45) is -3.04. The number of ether oxygens (including phenoxy) is 1. The first-order valence-corrected chi connectivity index (χ1v) is 13.2. The SMILES string of the molecule is CC1(C)CN(C(=O)CN2CCN(CC(=O)O)CC2)Cc2c1c1cccnc1n2Cc1ccc(OC(F)(F)F)cc1.Cl.Cl. The van der Waals surface area contributed by atoms with Gasteiger partial charge in [-0.3, -0.25) is 19.4 Å². The number of carboxylic acid groups (broad SMARTS) is 1. The Labute approximate surface area is 254 Å². The summed E-state index contributed by atoms with van der Waals surface area (Å²) in [5.74, 6) is -1.13. The molecule has 1 aromatic carbocycles. The van der Waals surface area contributed by atoms with Crippen molar-refractivity contribution in [1.82, 2.24) is 24.3 Å². The molecular weight excluding hydrogens is 598 g/mol. The summed E-state index contributed by atoms with van der Waals surface area (Å²) >= 11 is 0. The maximum atomic E-state index is 13.5. The van der Waals surface area contributed by atoms with Crippen LogP contribution in [0.5, 0.6) is 5.75 Å². The second-order valence-electron chi connectivity index (χ2n) is 11.1. The van der Waals surface area contributed by atoms with Crippen molar-refractivity contribution in [3.05, 3.63) is 59.4 Å². The number of aromatic nitrogens is 2. The molecule has 2 aliphatic heterocycles. The number of amides is 1. The lowest BCUT2D eigenvalue weighted by atomic mass is 9.79. The molecule has 0 spiro atoms. The molecule has 2 aromatic heterocycles. The molecule has 0 aliphatic carbocycles. The number of rotatable bonds is 7. The van der Waals surface area contributed by atoms with Gasteiger partial charge in [-0.1, -0.05) is 26.0 Å². The minimum Gasteiger partial charge on any atom is -0.480 e. The van der Waals surface area contributed by atoms with Gasteiger partial charge in [0.2, 0.25) is 5.91 Å². The Kier molecular flexibility index (Phi) is 10.4. The fourth-order valence-corrected chi connectivity index (χ4v) is 5.85. The van der Waals surface area contributed by atoms with Gasteiger partial charge in [-0.2, -0.15) is 0 Å². The quantitative estimate of drug-likeness (QED) is 0.419. The van der Waals surface area contributed by atoms with E-state index in [-0.39, 0.29) is 55.0 Å². The number of carbonyl (C=O) groups excluding carboxylic acids is 1. The molecule has 1 N–H and O–H groups in total. The predicted molar refractivity (Wildman–Crippen MR) is 155 cm³/mol. The Morgan fingerprint density at radius 3 is 2.21 bits per heavy atom. The van der Waals surface area contributed by atoms with Crippen molar-refractivity contribution >= 4 is 47.7 Å². The molecule has 4 heterocycles. The third kappa shape index (κ3) is 7.47. The van der Waals surface area contributed by atoms with Crippen molar-refractivity contribution in [2.24, 2.45) is 0 Å². The van der Waals surface area contributed by atoms with Gasteiger partial charge in [0, 0.05) is 62.0 Å². The first-order valence-electron chi connectivity index (χ1n) is 13.2. The Morgan fingerprint density at radius 1 is 1.00 bits per heavy atom. The molecule has 42 heavy (non-hydrogen) atoms. The Morgan fingerprint density at radius 2 is 1.62 bits per heavy atom. The number of carbonyl (C=O) groups is 2. The standard InChI is InChI=1S/C28H32F3N5O4.2ClH/c1-27(2)18-35(23(37)16-33-10-12-34(13-11-33)17-24(38)39)15-22-25(27)21-4-3-9-32-26(21)36(22)14-19-5-7-20(8-6-19)40-28(29,30)31;;/h3-9H,10-18H2,1-2H3,(H,38,39);2*1H. The van der Waals surface area contributed by atoms with Crippen molar-refractivity contribution in [1.29, 1.82) is 0 Å². The van der Waals surface area contributed by atoms with Crippen LogP contribution in [0.3, 0.4) is 0 Å². The number of fused-ring (bicyclic) bond motifs is 3. The third-order valence-electron chi connectivity index (χ3n) is 7.56. The fraction of sp³-hybridized carbons (Fsp3) is 0.464. The van der Waals surface area contributed by atoms with Crippen molar-refractivity contribution in [3.63, 3.8) is 0 Å². The molecule has 2 aliphatic rings. The van der Waals surface area contributed by atoms with Crippen molar-refractivity contribution in [2.45, 2.75) is 38.7 Å². The molecule has 9 nitrogen and oxygen atoms in total. The van der Waals surface area contributed by atoms with Crippen LogP contribution < -0.4 is 4.74 Å². The van der Waals surface area contributed by atoms with E-state index in [1.807, 2.05) is 21.9 Å². The molecular formula is C28H34Cl2F3N5O4. The first kappa shape index (κ1) is 33.4. The highest BCUT2D eigenvalue weighted by Crippen LogP contribution is 2.40. The number of hydrogen-bond acceptors (Lipinski definition) is 6. The second kappa shape index (κ2) is 13.1. The summed E-state index contributed by atoms with van der Waals surface area (Å²) in [5, 5.41) is 10.0. The lowest BCUT2D eigenvalue weighted by Crippen LogP contribution is -2.53. The second-order valence-corrected chi connectivity index (χ2v) is 11.1. The first-order chi connectivity index (χ1) is 18.9. The molecule has 0 unspecified atom stereocenters. The van der Waals surface area contributed by atoms with Gasteiger partial charge in [-0.05, 0) is 35.4 Å². The molecule has 230 valence electrons. The minimum absolute atomic E-state index is 0. The van der Waals surface area contributed by atoms with Crippen LogP contribution in [0.25, 0.3) is 11.0 Å². The topological polar surface area (TPSA) is 91.1 Å². The number of carboxylic acids is 1. The molecule has 1 amide bonds. The Bertz CT molecular complexity index is 1410. The van der Waals surface area contributed by atoms with Gasteiger partial charge in [-0.25, -0.2) is 4.98 Å². The van der Waals surface area contributed by atoms with E-state index in [1.165, 1.54) is 12.1 Å². The summed E-state index contributed by atoms with van der Waals surface area (Å²) in [6, 6.07) is 9.70. The van der Waals surface area contributed by atoms with Gasteiger partial charge in [0.05, 0.1) is 19.6 Å². The summed E-state index contributed by atoms with van der Waals surface area (Å²) in [5.41, 5.74) is 3.26. The van der Waals surface area contributed by atoms with E-state index in [0.29, 0.717) is 45.8 Å². The number of piperazine rings is 1. The number of hydrogen-bond donors (Lipinski definition) is 1. The van der Waals surface area contributed by atoms with Crippen LogP contribution in [0.2, 0.25) is 0 Å². The van der Waals surface area contributed by atoms with E-state index in [1.54, 1.807) is 18.3 Å². The summed E-state index contributed by atoms with van der Waals surface area (Å²) in [6.45, 7) is 8.22. The average Bonchev–Trinajstić information content (AvgIpc) is 3.19. The fourth-order valence-electron chi connectivity index (χ4n) is 5.85. The number of nitrogens with zero attached hydrogens (tertiary/aromatic N) is 5. The van der Waals surface area contributed by atoms with E-state index in [9.17, 15) is 22.8 Å². The lowest BCUT2D eigenvalue weighted by Gasteiger charge is -2.40. The molecule has 14 heteroatoms. The van der Waals surface area contributed by atoms with Crippen LogP contribution in [0.15, 0.2) is 42.6 Å². The summed E-state index contributed by atoms with van der Waals surface area (Å²) in [7, 11) is 0. The largest absolute Gasteiger partial charge is 0.573 e. The smallest absolute Gasteiger partial charge is 0.480 e. The van der Waals surface area contributed by atoms with E-state index in [2.05, 4.69) is 33.0 Å². The van der Waals surface area contributed by atoms with Crippen LogP contribution in [-0.2, 0) is 28.1 Å². The van der Waals surface area contributed by atoms with Crippen molar-refractivity contribution < 1.29 is 32.6 Å². The van der Waals surface area contributed by atoms with Gasteiger partial charge in [0.1, 0.15) is 11.4 Å². The zero-order chi connectivity index (χ0) is 28.7. The molecule has 0 radical (unpaired) electrons. The Hall–Kier alpha value is -3.06. The third-order valence-corrected chi connectivity index (χ3v) is 7.56. The highest BCUT2D eigenvalue weighted by Gasteiger charge is 2.39. The number of pyridine rings is 1. The summed E-state index contributed by atoms with van der Waals surface area (Å²) < 4.78 is 43.9. The van der Waals surface area contributed by atoms with Crippen LogP contribution in [0.4, 0.5) is 13.2 Å². The van der Waals surface area contributed by atoms with Crippen LogP contribution in [-0.4, -0.2) is 93.4 Å². The normalized spacial score (nSPS) is 17.2. The number of benzene rings is 1. The van der Waals surface area contributed by atoms with Gasteiger partial charge < -0.3 is 19.3 Å². The highest BCUT2D eigenvalue weighted by molar-refractivity contribution is 5.86. The van der Waals surface area contributed by atoms with Gasteiger partial charge >= 0.3 is 12.3 Å². The van der Waals surface area contributed by atoms with Crippen LogP contribution in [0, 0.1) is 0 Å². The molecule has 5 rings (SSSR count). The van der Waals surface area contributed by atoms with Crippen molar-refractivity contribution in [2.75, 3.05) is 45.8 Å². The average molecular weight is 633 g/mol. The number of aliphatic carboxylic acids is 1. The van der Waals surface area contributed by atoms with E-state index < -0.39 is 12.3 Å². The van der Waals surface area contributed by atoms with Crippen LogP contribution in [0.1, 0.15) is 30.7 Å². The summed E-state index contributed by atoms with van der Waals surface area (Å²) in [4.78, 5) is 34.9. The highest BCUT2D eigenvalue weighted by atomic mass is 35.5. The zero-order valence-electron chi connectivity index (χ0n) is 23.3. The molecule has 0 saturated carbocycles. The lowest BCUT2D eigenvalue weighted by molar-refractivity contribution is -0.274. The van der Waals surface area contributed by atoms with Crippen molar-refractivity contribution in [3.8, 4) is 5.75 Å². The minimum atomic E-state index is -4.76. The number of halogens is 5. The van der Waals surface area contributed by atoms with E-state index in [0.717, 1.165) is 27.9 Å². The van der Waals surface area contributed by atoms with Gasteiger partial charge in [0.25, 0.3) is 0 Å². The molecule has 0 bridgehead atoms. The van der Waals surface area contributed by atoms with Gasteiger partial charge in [-0.15, -0.1) is 38.0 Å². The monoisotopic (exact) mass is 631 g/mol. The maximum Gasteiger partial charge on any atom is 0.573 e. The van der Waals surface area contributed by atoms with Gasteiger partial charge in [0.15, 0.2) is 0 Å². The van der Waals surface area contributed by atoms with Crippen LogP contribution >= 0.6 is 24.8 Å². The molecule has 3 aromatic rings. The number of alkyl halides is 3. The molecule has 1 fully saturated rings. The Balaban J connectivity index is 0.00000242. The zero-order valence-corrected chi connectivity index (χ0v) is 24.9. The maximum absolute atomic E-state index is 13.5. The predicted octanol–water partition coefficient (Wildman–Crippen LogP) is 4.15. The van der Waals surface area contributed by atoms with E-state index in [4.69, 9.17) is 5.11 Å².